The first kappa shape index (κ1) is 18.7. The van der Waals surface area contributed by atoms with Gasteiger partial charge in [0.15, 0.2) is 6.61 Å². The van der Waals surface area contributed by atoms with Crippen molar-refractivity contribution in [1.82, 2.24) is 0 Å². The molecule has 0 aliphatic rings. The number of ether oxygens (including phenoxy) is 2. The fraction of sp³-hybridized carbons (Fsp3) is 0.846. The molecule has 0 aromatic carbocycles. The predicted molar refractivity (Wildman–Crippen MR) is 65.8 cm³/mol. The highest BCUT2D eigenvalue weighted by Crippen LogP contribution is 2.24. The molecular weight excluding hydrogens is 277 g/mol. The quantitative estimate of drug-likeness (QED) is 0.707. The minimum Gasteiger partial charge on any atom is -0.465 e. The van der Waals surface area contributed by atoms with Crippen LogP contribution < -0.4 is 0 Å². The Morgan fingerprint density at radius 2 is 1.65 bits per heavy atom. The Morgan fingerprint density at radius 3 is 2.10 bits per heavy atom. The van der Waals surface area contributed by atoms with Gasteiger partial charge in [-0.15, -0.1) is 0 Å². The number of esters is 2. The molecule has 0 heterocycles. The zero-order chi connectivity index (χ0) is 16.0. The third-order valence-electron chi connectivity index (χ3n) is 2.27. The molecule has 0 saturated carbocycles. The molecule has 0 fully saturated rings. The van der Waals surface area contributed by atoms with E-state index in [1.807, 2.05) is 20.8 Å². The molecule has 0 aromatic heterocycles. The van der Waals surface area contributed by atoms with Crippen molar-refractivity contribution in [2.24, 2.45) is 11.3 Å². The molecule has 0 N–H and O–H groups in total. The Hall–Kier alpha value is -1.27. The van der Waals surface area contributed by atoms with Crippen molar-refractivity contribution in [3.63, 3.8) is 0 Å². The molecule has 1 atom stereocenters. The highest BCUT2D eigenvalue weighted by Gasteiger charge is 2.29. The Kier molecular flexibility index (Phi) is 7.02. The fourth-order valence-corrected chi connectivity index (χ4v) is 1.61. The van der Waals surface area contributed by atoms with Crippen LogP contribution in [0.1, 0.15) is 40.5 Å². The van der Waals surface area contributed by atoms with Gasteiger partial charge in [0.2, 0.25) is 0 Å². The maximum atomic E-state index is 11.8. The van der Waals surface area contributed by atoms with E-state index in [1.54, 1.807) is 6.92 Å². The number of hydrogen-bond acceptors (Lipinski definition) is 4. The summed E-state index contributed by atoms with van der Waals surface area (Å²) in [5.74, 6) is -1.84. The average Bonchev–Trinajstić information content (AvgIpc) is 2.22. The summed E-state index contributed by atoms with van der Waals surface area (Å²) in [6, 6.07) is 0. The van der Waals surface area contributed by atoms with Crippen LogP contribution in [0.15, 0.2) is 0 Å². The zero-order valence-corrected chi connectivity index (χ0v) is 12.2. The summed E-state index contributed by atoms with van der Waals surface area (Å²) in [5.41, 5.74) is -0.0376. The maximum absolute atomic E-state index is 11.8. The van der Waals surface area contributed by atoms with Gasteiger partial charge in [-0.2, -0.15) is 13.2 Å². The van der Waals surface area contributed by atoms with Crippen molar-refractivity contribution in [3.05, 3.63) is 0 Å². The van der Waals surface area contributed by atoms with E-state index < -0.39 is 24.7 Å². The van der Waals surface area contributed by atoms with E-state index in [9.17, 15) is 22.8 Å². The van der Waals surface area contributed by atoms with Gasteiger partial charge in [-0.25, -0.2) is 0 Å². The second-order valence-corrected chi connectivity index (χ2v) is 5.86. The lowest BCUT2D eigenvalue weighted by atomic mass is 9.85. The smallest absolute Gasteiger partial charge is 0.422 e. The van der Waals surface area contributed by atoms with Gasteiger partial charge in [0.05, 0.1) is 12.3 Å². The van der Waals surface area contributed by atoms with Gasteiger partial charge in [0.25, 0.3) is 0 Å². The molecule has 4 nitrogen and oxygen atoms in total. The van der Waals surface area contributed by atoms with Crippen LogP contribution in [-0.2, 0) is 19.1 Å². The van der Waals surface area contributed by atoms with E-state index in [0.29, 0.717) is 6.42 Å². The van der Waals surface area contributed by atoms with E-state index in [0.717, 1.165) is 0 Å². The summed E-state index contributed by atoms with van der Waals surface area (Å²) >= 11 is 0. The van der Waals surface area contributed by atoms with E-state index >= 15 is 0 Å². The molecule has 0 aliphatic heterocycles. The van der Waals surface area contributed by atoms with Gasteiger partial charge in [0, 0.05) is 0 Å². The average molecular weight is 298 g/mol. The molecule has 0 amide bonds. The van der Waals surface area contributed by atoms with Crippen LogP contribution in [0, 0.1) is 11.3 Å². The highest BCUT2D eigenvalue weighted by molar-refractivity contribution is 5.73. The summed E-state index contributed by atoms with van der Waals surface area (Å²) in [6.07, 6.45) is -4.32. The largest absolute Gasteiger partial charge is 0.465 e. The van der Waals surface area contributed by atoms with Gasteiger partial charge in [-0.1, -0.05) is 27.7 Å². The van der Waals surface area contributed by atoms with Gasteiger partial charge < -0.3 is 9.47 Å². The van der Waals surface area contributed by atoms with Crippen molar-refractivity contribution >= 4 is 11.9 Å². The number of carbonyl (C=O) groups is 2. The van der Waals surface area contributed by atoms with Gasteiger partial charge in [-0.3, -0.25) is 9.59 Å². The van der Waals surface area contributed by atoms with Crippen molar-refractivity contribution in [2.45, 2.75) is 46.7 Å². The van der Waals surface area contributed by atoms with Gasteiger partial charge >= 0.3 is 18.1 Å². The Morgan fingerprint density at radius 1 is 1.10 bits per heavy atom. The van der Waals surface area contributed by atoms with Crippen molar-refractivity contribution in [1.29, 1.82) is 0 Å². The molecule has 0 radical (unpaired) electrons. The summed E-state index contributed by atoms with van der Waals surface area (Å²) in [7, 11) is 0. The van der Waals surface area contributed by atoms with Crippen LogP contribution in [0.3, 0.4) is 0 Å². The number of rotatable bonds is 6. The lowest BCUT2D eigenvalue weighted by Gasteiger charge is -2.21. The SMILES string of the molecule is CC(CC(C)(C)C)C(=O)OCCC(=O)OCC(F)(F)F. The van der Waals surface area contributed by atoms with E-state index in [1.165, 1.54) is 0 Å². The maximum Gasteiger partial charge on any atom is 0.422 e. The second kappa shape index (κ2) is 7.50. The molecule has 1 unspecified atom stereocenters. The number of alkyl halides is 3. The van der Waals surface area contributed by atoms with Crippen molar-refractivity contribution < 1.29 is 32.2 Å². The van der Waals surface area contributed by atoms with Crippen molar-refractivity contribution in [3.8, 4) is 0 Å². The van der Waals surface area contributed by atoms with Crippen LogP contribution in [0.4, 0.5) is 13.2 Å². The Balaban J connectivity index is 3.89. The van der Waals surface area contributed by atoms with Crippen LogP contribution in [-0.4, -0.2) is 31.3 Å². The first-order valence-corrected chi connectivity index (χ1v) is 6.30. The molecule has 0 spiro atoms. The second-order valence-electron chi connectivity index (χ2n) is 5.86. The first-order valence-electron chi connectivity index (χ1n) is 6.30. The fourth-order valence-electron chi connectivity index (χ4n) is 1.61. The molecule has 0 aromatic rings. The first-order chi connectivity index (χ1) is 8.91. The van der Waals surface area contributed by atoms with E-state index in [-0.39, 0.29) is 24.4 Å². The van der Waals surface area contributed by atoms with E-state index in [2.05, 4.69) is 4.74 Å². The molecular formula is C13H21F3O4. The van der Waals surface area contributed by atoms with Crippen LogP contribution in [0.25, 0.3) is 0 Å². The molecule has 0 rings (SSSR count). The number of hydrogen-bond donors (Lipinski definition) is 0. The standard InChI is InChI=1S/C13H21F3O4/c1-9(7-12(2,3)4)11(18)19-6-5-10(17)20-8-13(14,15)16/h9H,5-8H2,1-4H3. The normalized spacial score (nSPS) is 13.8. The van der Waals surface area contributed by atoms with Gasteiger partial charge in [0.1, 0.15) is 6.61 Å². The molecule has 0 saturated heterocycles. The summed E-state index contributed by atoms with van der Waals surface area (Å²) in [4.78, 5) is 22.5. The molecule has 118 valence electrons. The van der Waals surface area contributed by atoms with Gasteiger partial charge in [-0.05, 0) is 11.8 Å². The Bertz CT molecular complexity index is 331. The van der Waals surface area contributed by atoms with Crippen LogP contribution in [0.5, 0.6) is 0 Å². The van der Waals surface area contributed by atoms with Crippen LogP contribution >= 0.6 is 0 Å². The third kappa shape index (κ3) is 10.6. The van der Waals surface area contributed by atoms with Crippen molar-refractivity contribution in [2.75, 3.05) is 13.2 Å². The molecule has 7 heteroatoms. The summed E-state index contributed by atoms with van der Waals surface area (Å²) in [5, 5.41) is 0. The zero-order valence-electron chi connectivity index (χ0n) is 12.2. The Labute approximate surface area is 116 Å². The molecule has 0 aliphatic carbocycles. The van der Waals surface area contributed by atoms with E-state index in [4.69, 9.17) is 4.74 Å². The number of carbonyl (C=O) groups excluding carboxylic acids is 2. The molecule has 20 heavy (non-hydrogen) atoms. The van der Waals surface area contributed by atoms with Crippen LogP contribution in [0.2, 0.25) is 0 Å². The minimum absolute atomic E-state index is 0.0376. The highest BCUT2D eigenvalue weighted by atomic mass is 19.4. The third-order valence-corrected chi connectivity index (χ3v) is 2.27. The monoisotopic (exact) mass is 298 g/mol. The number of halogens is 3. The predicted octanol–water partition coefficient (Wildman–Crippen LogP) is 3.10. The summed E-state index contributed by atoms with van der Waals surface area (Å²) in [6.45, 7) is 5.74. The molecule has 0 bridgehead atoms. The minimum atomic E-state index is -4.55. The lowest BCUT2D eigenvalue weighted by Crippen LogP contribution is -2.23. The summed E-state index contributed by atoms with van der Waals surface area (Å²) < 4.78 is 44.1. The lowest BCUT2D eigenvalue weighted by molar-refractivity contribution is -0.187. The topological polar surface area (TPSA) is 52.6 Å².